The Morgan fingerprint density at radius 2 is 1.63 bits per heavy atom. The Labute approximate surface area is 242 Å². The lowest BCUT2D eigenvalue weighted by molar-refractivity contribution is -0.0221. The molecule has 9 nitrogen and oxygen atoms in total. The third-order valence-corrected chi connectivity index (χ3v) is 10.7. The maximum Gasteiger partial charge on any atom is 0.251 e. The van der Waals surface area contributed by atoms with Crippen molar-refractivity contribution in [2.45, 2.75) is 51.4 Å². The van der Waals surface area contributed by atoms with E-state index in [1.807, 2.05) is 36.1 Å². The second kappa shape index (κ2) is 10.7. The number of nitrogens with zero attached hydrogens (tertiary/aromatic N) is 5. The van der Waals surface area contributed by atoms with Gasteiger partial charge in [-0.2, -0.15) is 0 Å². The quantitative estimate of drug-likeness (QED) is 0.373. The highest BCUT2D eigenvalue weighted by Crippen LogP contribution is 2.54. The molecule has 0 atom stereocenters. The van der Waals surface area contributed by atoms with Gasteiger partial charge in [0.05, 0.1) is 18.0 Å². The number of sulfonamides is 1. The molecule has 2 aromatic heterocycles. The highest BCUT2D eigenvalue weighted by Gasteiger charge is 2.44. The number of rotatable bonds is 8. The molecule has 4 heterocycles. The van der Waals surface area contributed by atoms with Crippen LogP contribution in [0, 0.1) is 12.3 Å². The number of aliphatic hydroxyl groups excluding tert-OH is 1. The molecule has 0 amide bonds. The van der Waals surface area contributed by atoms with Crippen LogP contribution < -0.4 is 14.5 Å². The predicted octanol–water partition coefficient (Wildman–Crippen LogP) is 4.93. The molecule has 1 aliphatic carbocycles. The van der Waals surface area contributed by atoms with Gasteiger partial charge in [0.2, 0.25) is 10.0 Å². The van der Waals surface area contributed by atoms with Crippen molar-refractivity contribution in [2.24, 2.45) is 5.41 Å². The van der Waals surface area contributed by atoms with Gasteiger partial charge in [0.25, 0.3) is 5.92 Å². The van der Waals surface area contributed by atoms with Crippen LogP contribution >= 0.6 is 11.3 Å². The molecule has 2 aliphatic heterocycles. The molecule has 1 aromatic carbocycles. The van der Waals surface area contributed by atoms with Gasteiger partial charge in [-0.3, -0.25) is 4.72 Å². The van der Waals surface area contributed by atoms with Gasteiger partial charge in [0.1, 0.15) is 15.8 Å². The number of hydrogen-bond acceptors (Lipinski definition) is 9. The molecular weight excluding hydrogens is 570 g/mol. The minimum atomic E-state index is -3.67. The number of halogens is 2. The Bertz CT molecular complexity index is 1520. The first-order valence-electron chi connectivity index (χ1n) is 14.0. The highest BCUT2D eigenvalue weighted by molar-refractivity contribution is 7.92. The van der Waals surface area contributed by atoms with Gasteiger partial charge in [-0.15, -0.1) is 10.2 Å². The van der Waals surface area contributed by atoms with Gasteiger partial charge in [0, 0.05) is 61.5 Å². The van der Waals surface area contributed by atoms with E-state index >= 15 is 0 Å². The summed E-state index contributed by atoms with van der Waals surface area (Å²) in [5.41, 5.74) is 4.29. The topological polar surface area (TPSA) is 112 Å². The van der Waals surface area contributed by atoms with E-state index in [1.54, 1.807) is 6.07 Å². The molecular formula is C28H34F2N6O3S2. The van der Waals surface area contributed by atoms with Crippen molar-refractivity contribution in [3.63, 3.8) is 0 Å². The second-order valence-corrected chi connectivity index (χ2v) is 14.3. The maximum atomic E-state index is 13.7. The Kier molecular flexibility index (Phi) is 7.39. The van der Waals surface area contributed by atoms with Crippen LogP contribution in [0.3, 0.4) is 0 Å². The third-order valence-electron chi connectivity index (χ3n) is 8.41. The number of aryl methyl sites for hydroxylation is 1. The minimum absolute atomic E-state index is 0.187. The molecule has 3 aromatic rings. The molecule has 0 radical (unpaired) electrons. The Balaban J connectivity index is 1.30. The second-order valence-electron chi connectivity index (χ2n) is 11.5. The van der Waals surface area contributed by atoms with Crippen molar-refractivity contribution in [3.8, 4) is 21.1 Å². The molecule has 2 saturated heterocycles. The summed E-state index contributed by atoms with van der Waals surface area (Å²) in [5, 5.41) is 19.5. The monoisotopic (exact) mass is 604 g/mol. The molecule has 6 rings (SSSR count). The van der Waals surface area contributed by atoms with Crippen LogP contribution in [0.2, 0.25) is 0 Å². The summed E-state index contributed by atoms with van der Waals surface area (Å²) in [6, 6.07) is 9.24. The Morgan fingerprint density at radius 3 is 2.32 bits per heavy atom. The van der Waals surface area contributed by atoms with Gasteiger partial charge in [-0.1, -0.05) is 11.3 Å². The lowest BCUT2D eigenvalue weighted by atomic mass is 9.93. The van der Waals surface area contributed by atoms with E-state index < -0.39 is 22.6 Å². The number of piperidine rings is 2. The number of aromatic nitrogens is 3. The van der Waals surface area contributed by atoms with Crippen LogP contribution in [-0.2, 0) is 10.0 Å². The third kappa shape index (κ3) is 6.31. The number of benzene rings is 1. The maximum absolute atomic E-state index is 13.7. The lowest BCUT2D eigenvalue weighted by Gasteiger charge is -2.35. The number of anilines is 3. The molecule has 0 unspecified atom stereocenters. The minimum Gasteiger partial charge on any atom is -0.395 e. The van der Waals surface area contributed by atoms with E-state index in [2.05, 4.69) is 24.8 Å². The average molecular weight is 605 g/mol. The molecule has 13 heteroatoms. The summed E-state index contributed by atoms with van der Waals surface area (Å²) >= 11 is 1.43. The fourth-order valence-electron chi connectivity index (χ4n) is 5.74. The van der Waals surface area contributed by atoms with Crippen LogP contribution in [0.25, 0.3) is 21.1 Å². The van der Waals surface area contributed by atoms with Crippen molar-refractivity contribution >= 4 is 38.6 Å². The molecule has 3 aliphatic rings. The predicted molar refractivity (Wildman–Crippen MR) is 157 cm³/mol. The van der Waals surface area contributed by atoms with E-state index in [-0.39, 0.29) is 31.7 Å². The first-order chi connectivity index (χ1) is 19.5. The summed E-state index contributed by atoms with van der Waals surface area (Å²) in [6.07, 6.45) is 4.40. The van der Waals surface area contributed by atoms with Crippen LogP contribution in [-0.4, -0.2) is 73.2 Å². The zero-order chi connectivity index (χ0) is 28.8. The van der Waals surface area contributed by atoms with Gasteiger partial charge in [0.15, 0.2) is 0 Å². The summed E-state index contributed by atoms with van der Waals surface area (Å²) in [5.74, 6) is -2.34. The summed E-state index contributed by atoms with van der Waals surface area (Å²) in [4.78, 5) is 8.79. The molecule has 3 fully saturated rings. The zero-order valence-electron chi connectivity index (χ0n) is 22.9. The van der Waals surface area contributed by atoms with E-state index in [1.165, 1.54) is 24.2 Å². The largest absolute Gasteiger partial charge is 0.395 e. The molecule has 1 saturated carbocycles. The van der Waals surface area contributed by atoms with Gasteiger partial charge < -0.3 is 14.9 Å². The van der Waals surface area contributed by atoms with E-state index in [0.29, 0.717) is 26.9 Å². The number of pyridine rings is 1. The van der Waals surface area contributed by atoms with Crippen LogP contribution in [0.15, 0.2) is 30.3 Å². The molecule has 220 valence electrons. The lowest BCUT2D eigenvalue weighted by Crippen LogP contribution is -2.39. The number of nitrogens with one attached hydrogen (secondary N) is 1. The standard InChI is InChI=1S/C28H34F2N6O3S2/c1-19-16-20(17-24(31-19)36-12-8-28(29,30)9-13-36)25-32-33-26(40-25)22-3-2-21(34-41(38,39)15-14-37)18-23(22)35-10-6-27(4-5-27)7-11-35/h2-3,16-18,34,37H,4-15H2,1H3. The van der Waals surface area contributed by atoms with Crippen molar-refractivity contribution in [1.82, 2.24) is 15.2 Å². The SMILES string of the molecule is Cc1cc(-c2nnc(-c3ccc(NS(=O)(=O)CCO)cc3N3CCC4(CC3)CC4)s2)cc(N2CCC(F)(F)CC2)n1. The molecule has 2 N–H and O–H groups in total. The van der Waals surface area contributed by atoms with Crippen LogP contribution in [0.5, 0.6) is 0 Å². The summed E-state index contributed by atoms with van der Waals surface area (Å²) < 4.78 is 54.7. The van der Waals surface area contributed by atoms with E-state index in [4.69, 9.17) is 5.11 Å². The average Bonchev–Trinajstić information content (AvgIpc) is 3.48. The van der Waals surface area contributed by atoms with Crippen molar-refractivity contribution in [2.75, 3.05) is 53.1 Å². The Hall–Kier alpha value is -2.90. The van der Waals surface area contributed by atoms with Crippen molar-refractivity contribution < 1.29 is 22.3 Å². The Morgan fingerprint density at radius 1 is 0.951 bits per heavy atom. The smallest absolute Gasteiger partial charge is 0.251 e. The van der Waals surface area contributed by atoms with Gasteiger partial charge >= 0.3 is 0 Å². The van der Waals surface area contributed by atoms with Gasteiger partial charge in [-0.25, -0.2) is 22.2 Å². The fraction of sp³-hybridized carbons (Fsp3) is 0.536. The van der Waals surface area contributed by atoms with Crippen LogP contribution in [0.1, 0.15) is 44.2 Å². The molecule has 1 spiro atoms. The van der Waals surface area contributed by atoms with E-state index in [9.17, 15) is 17.2 Å². The summed E-state index contributed by atoms with van der Waals surface area (Å²) in [7, 11) is -3.67. The molecule has 41 heavy (non-hydrogen) atoms. The first-order valence-corrected chi connectivity index (χ1v) is 16.5. The van der Waals surface area contributed by atoms with Crippen molar-refractivity contribution in [3.05, 3.63) is 36.0 Å². The van der Waals surface area contributed by atoms with E-state index in [0.717, 1.165) is 48.4 Å². The summed E-state index contributed by atoms with van der Waals surface area (Å²) in [6.45, 7) is 3.69. The normalized spacial score (nSPS) is 19.9. The number of alkyl halides is 2. The van der Waals surface area contributed by atoms with Crippen molar-refractivity contribution in [1.29, 1.82) is 0 Å². The zero-order valence-corrected chi connectivity index (χ0v) is 24.6. The molecule has 0 bridgehead atoms. The van der Waals surface area contributed by atoms with Gasteiger partial charge in [-0.05, 0) is 68.4 Å². The number of aliphatic hydroxyl groups is 1. The number of hydrogen-bond donors (Lipinski definition) is 2. The highest BCUT2D eigenvalue weighted by atomic mass is 32.2. The van der Waals surface area contributed by atoms with Crippen LogP contribution in [0.4, 0.5) is 26.0 Å². The fourth-order valence-corrected chi connectivity index (χ4v) is 7.43. The first kappa shape index (κ1) is 28.2.